The Balaban J connectivity index is 1.99. The van der Waals surface area contributed by atoms with E-state index in [9.17, 15) is 32.3 Å². The fourth-order valence-electron chi connectivity index (χ4n) is 3.19. The number of carbonyl (C=O) groups is 2. The number of ether oxygens (including phenoxy) is 1. The number of fused-ring (bicyclic) bond motifs is 1. The first-order valence-corrected chi connectivity index (χ1v) is 10.0. The SMILES string of the molecule is CCC(C)(NC(=O)c1cc(F)c2ccccc2c1OCc1ccc(C(F)(F)F)cc1)C(=O)O. The Kier molecular flexibility index (Phi) is 6.62. The maximum absolute atomic E-state index is 14.7. The number of rotatable bonds is 7. The van der Waals surface area contributed by atoms with E-state index < -0.39 is 35.0 Å². The van der Waals surface area contributed by atoms with Crippen molar-refractivity contribution in [2.75, 3.05) is 0 Å². The molecule has 0 heterocycles. The molecule has 33 heavy (non-hydrogen) atoms. The van der Waals surface area contributed by atoms with E-state index in [2.05, 4.69) is 5.32 Å². The molecule has 0 fully saturated rings. The van der Waals surface area contributed by atoms with Gasteiger partial charge in [-0.15, -0.1) is 0 Å². The summed E-state index contributed by atoms with van der Waals surface area (Å²) >= 11 is 0. The first-order chi connectivity index (χ1) is 15.5. The largest absolute Gasteiger partial charge is 0.487 e. The van der Waals surface area contributed by atoms with Gasteiger partial charge in [0.2, 0.25) is 0 Å². The molecule has 174 valence electrons. The lowest BCUT2D eigenvalue weighted by Crippen LogP contribution is -2.51. The average molecular weight is 463 g/mol. The van der Waals surface area contributed by atoms with Crippen molar-refractivity contribution in [2.45, 2.75) is 38.6 Å². The molecule has 0 aliphatic heterocycles. The van der Waals surface area contributed by atoms with Gasteiger partial charge in [0.1, 0.15) is 23.7 Å². The van der Waals surface area contributed by atoms with E-state index in [1.54, 1.807) is 19.1 Å². The van der Waals surface area contributed by atoms with Crippen LogP contribution in [0.5, 0.6) is 5.75 Å². The summed E-state index contributed by atoms with van der Waals surface area (Å²) in [6.07, 6.45) is -4.40. The molecule has 0 radical (unpaired) electrons. The van der Waals surface area contributed by atoms with E-state index in [-0.39, 0.29) is 35.1 Å². The van der Waals surface area contributed by atoms with E-state index in [0.29, 0.717) is 5.56 Å². The molecule has 1 unspecified atom stereocenters. The molecule has 0 saturated heterocycles. The smallest absolute Gasteiger partial charge is 0.416 e. The Morgan fingerprint density at radius 2 is 1.64 bits per heavy atom. The number of benzene rings is 3. The molecule has 0 aliphatic rings. The molecule has 3 aromatic rings. The van der Waals surface area contributed by atoms with Crippen molar-refractivity contribution in [1.29, 1.82) is 0 Å². The molecule has 3 rings (SSSR count). The first-order valence-electron chi connectivity index (χ1n) is 10.0. The third-order valence-corrected chi connectivity index (χ3v) is 5.42. The zero-order valence-electron chi connectivity index (χ0n) is 17.8. The number of hydrogen-bond acceptors (Lipinski definition) is 3. The minimum atomic E-state index is -4.48. The predicted molar refractivity (Wildman–Crippen MR) is 113 cm³/mol. The van der Waals surface area contributed by atoms with Crippen LogP contribution >= 0.6 is 0 Å². The first kappa shape index (κ1) is 24.0. The minimum absolute atomic E-state index is 0.00626. The molecule has 0 aromatic heterocycles. The van der Waals surface area contributed by atoms with Crippen LogP contribution in [0.2, 0.25) is 0 Å². The maximum atomic E-state index is 14.7. The van der Waals surface area contributed by atoms with Crippen LogP contribution in [0.4, 0.5) is 17.6 Å². The monoisotopic (exact) mass is 463 g/mol. The summed E-state index contributed by atoms with van der Waals surface area (Å²) in [6, 6.07) is 11.5. The van der Waals surface area contributed by atoms with Crippen molar-refractivity contribution < 1.29 is 37.0 Å². The molecule has 1 atom stereocenters. The molecule has 1 amide bonds. The summed E-state index contributed by atoms with van der Waals surface area (Å²) in [7, 11) is 0. The van der Waals surface area contributed by atoms with Gasteiger partial charge in [0.05, 0.1) is 11.1 Å². The van der Waals surface area contributed by atoms with Crippen LogP contribution in [-0.2, 0) is 17.6 Å². The van der Waals surface area contributed by atoms with Crippen molar-refractivity contribution in [3.63, 3.8) is 0 Å². The van der Waals surface area contributed by atoms with Crippen LogP contribution in [0.15, 0.2) is 54.6 Å². The van der Waals surface area contributed by atoms with Crippen LogP contribution in [-0.4, -0.2) is 22.5 Å². The van der Waals surface area contributed by atoms with Gasteiger partial charge >= 0.3 is 12.1 Å². The van der Waals surface area contributed by atoms with Gasteiger partial charge in [0.25, 0.3) is 5.91 Å². The molecule has 0 bridgehead atoms. The Morgan fingerprint density at radius 1 is 1.03 bits per heavy atom. The van der Waals surface area contributed by atoms with E-state index in [4.69, 9.17) is 4.74 Å². The molecule has 0 aliphatic carbocycles. The summed E-state index contributed by atoms with van der Waals surface area (Å²) in [5.74, 6) is -2.82. The van der Waals surface area contributed by atoms with E-state index in [1.807, 2.05) is 0 Å². The number of halogens is 4. The second-order valence-corrected chi connectivity index (χ2v) is 7.71. The van der Waals surface area contributed by atoms with Crippen molar-refractivity contribution in [3.8, 4) is 5.75 Å². The zero-order valence-corrected chi connectivity index (χ0v) is 17.8. The fourth-order valence-corrected chi connectivity index (χ4v) is 3.19. The van der Waals surface area contributed by atoms with Crippen LogP contribution in [0.25, 0.3) is 10.8 Å². The lowest BCUT2D eigenvalue weighted by Gasteiger charge is -2.25. The van der Waals surface area contributed by atoms with Crippen LogP contribution in [0, 0.1) is 5.82 Å². The number of nitrogens with one attached hydrogen (secondary N) is 1. The van der Waals surface area contributed by atoms with Crippen LogP contribution < -0.4 is 10.1 Å². The number of carbonyl (C=O) groups excluding carboxylic acids is 1. The topological polar surface area (TPSA) is 75.6 Å². The predicted octanol–water partition coefficient (Wildman–Crippen LogP) is 5.56. The van der Waals surface area contributed by atoms with Gasteiger partial charge in [-0.1, -0.05) is 43.3 Å². The lowest BCUT2D eigenvalue weighted by atomic mass is 9.97. The summed E-state index contributed by atoms with van der Waals surface area (Å²) in [6.45, 7) is 2.71. The van der Waals surface area contributed by atoms with E-state index in [1.165, 1.54) is 31.2 Å². The second-order valence-electron chi connectivity index (χ2n) is 7.71. The van der Waals surface area contributed by atoms with E-state index in [0.717, 1.165) is 18.2 Å². The van der Waals surface area contributed by atoms with Gasteiger partial charge in [-0.3, -0.25) is 4.79 Å². The van der Waals surface area contributed by atoms with Crippen molar-refractivity contribution in [2.24, 2.45) is 0 Å². The quantitative estimate of drug-likeness (QED) is 0.450. The van der Waals surface area contributed by atoms with Gasteiger partial charge in [-0.25, -0.2) is 9.18 Å². The molecular formula is C24H21F4NO4. The van der Waals surface area contributed by atoms with Crippen molar-refractivity contribution >= 4 is 22.6 Å². The Morgan fingerprint density at radius 3 is 2.18 bits per heavy atom. The zero-order chi connectivity index (χ0) is 24.4. The highest BCUT2D eigenvalue weighted by Crippen LogP contribution is 2.34. The lowest BCUT2D eigenvalue weighted by molar-refractivity contribution is -0.144. The minimum Gasteiger partial charge on any atom is -0.487 e. The fraction of sp³-hybridized carbons (Fsp3) is 0.250. The summed E-state index contributed by atoms with van der Waals surface area (Å²) in [5.41, 5.74) is -2.24. The molecule has 2 N–H and O–H groups in total. The van der Waals surface area contributed by atoms with Gasteiger partial charge < -0.3 is 15.2 Å². The Labute approximate surface area is 187 Å². The number of hydrogen-bond donors (Lipinski definition) is 2. The summed E-state index contributed by atoms with van der Waals surface area (Å²) in [5, 5.41) is 12.3. The van der Waals surface area contributed by atoms with Gasteiger partial charge in [-0.2, -0.15) is 13.2 Å². The number of amides is 1. The van der Waals surface area contributed by atoms with Gasteiger partial charge in [-0.05, 0) is 37.1 Å². The molecule has 9 heteroatoms. The normalized spacial score (nSPS) is 13.4. The third-order valence-electron chi connectivity index (χ3n) is 5.42. The summed E-state index contributed by atoms with van der Waals surface area (Å²) in [4.78, 5) is 24.6. The standard InChI is InChI=1S/C24H21F4NO4/c1-3-23(2,22(31)32)29-21(30)18-12-19(25)16-6-4-5-7-17(16)20(18)33-13-14-8-10-15(11-9-14)24(26,27)28/h4-12H,3,13H2,1-2H3,(H,29,30)(H,31,32). The van der Waals surface area contributed by atoms with Crippen LogP contribution in [0.1, 0.15) is 41.8 Å². The Hall–Kier alpha value is -3.62. The molecule has 0 spiro atoms. The molecular weight excluding hydrogens is 442 g/mol. The Bertz CT molecular complexity index is 1190. The highest BCUT2D eigenvalue weighted by molar-refractivity contribution is 6.05. The maximum Gasteiger partial charge on any atom is 0.416 e. The molecule has 0 saturated carbocycles. The van der Waals surface area contributed by atoms with Gasteiger partial charge in [0, 0.05) is 10.8 Å². The number of carboxylic acids is 1. The van der Waals surface area contributed by atoms with E-state index >= 15 is 0 Å². The van der Waals surface area contributed by atoms with Crippen molar-refractivity contribution in [3.05, 3.63) is 77.1 Å². The second kappa shape index (κ2) is 9.09. The van der Waals surface area contributed by atoms with Crippen molar-refractivity contribution in [1.82, 2.24) is 5.32 Å². The molecule has 3 aromatic carbocycles. The van der Waals surface area contributed by atoms with Crippen LogP contribution in [0.3, 0.4) is 0 Å². The number of aliphatic carboxylic acids is 1. The highest BCUT2D eigenvalue weighted by atomic mass is 19.4. The average Bonchev–Trinajstić information content (AvgIpc) is 2.77. The third kappa shape index (κ3) is 5.08. The number of carboxylic acid groups (broad SMARTS) is 1. The highest BCUT2D eigenvalue weighted by Gasteiger charge is 2.34. The molecule has 5 nitrogen and oxygen atoms in total. The summed E-state index contributed by atoms with van der Waals surface area (Å²) < 4.78 is 58.9. The van der Waals surface area contributed by atoms with Gasteiger partial charge in [0.15, 0.2) is 0 Å². The number of alkyl halides is 3.